The summed E-state index contributed by atoms with van der Waals surface area (Å²) in [5, 5.41) is 9.89. The Morgan fingerprint density at radius 2 is 1.77 bits per heavy atom. The number of rotatable bonds is 8. The maximum absolute atomic E-state index is 13.4. The number of para-hydroxylation sites is 2. The molecule has 13 heteroatoms. The van der Waals surface area contributed by atoms with Crippen LogP contribution in [0.3, 0.4) is 0 Å². The fourth-order valence-electron chi connectivity index (χ4n) is 3.71. The Morgan fingerprint density at radius 3 is 2.49 bits per heavy atom. The van der Waals surface area contributed by atoms with Crippen LogP contribution in [0.1, 0.15) is 18.5 Å². The van der Waals surface area contributed by atoms with Crippen LogP contribution in [-0.2, 0) is 4.79 Å². The van der Waals surface area contributed by atoms with Gasteiger partial charge in [-0.05, 0) is 36.8 Å². The highest BCUT2D eigenvalue weighted by Gasteiger charge is 2.34. The van der Waals surface area contributed by atoms with Gasteiger partial charge in [0.15, 0.2) is 11.5 Å². The van der Waals surface area contributed by atoms with Crippen molar-refractivity contribution in [1.29, 1.82) is 0 Å². The maximum atomic E-state index is 13.4. The molecule has 0 fully saturated rings. The lowest BCUT2D eigenvalue weighted by molar-refractivity contribution is -0.113. The molecule has 1 aliphatic rings. The molecule has 0 saturated heterocycles. The van der Waals surface area contributed by atoms with E-state index in [1.807, 2.05) is 0 Å². The maximum Gasteiger partial charge on any atom is 0.387 e. The van der Waals surface area contributed by atoms with Crippen LogP contribution in [-0.4, -0.2) is 41.0 Å². The molecule has 184 valence electrons. The van der Waals surface area contributed by atoms with Crippen molar-refractivity contribution < 1.29 is 36.6 Å². The molecule has 0 unspecified atom stereocenters. The molecule has 2 N–H and O–H groups in total. The molecule has 0 spiro atoms. The monoisotopic (exact) mass is 493 g/mol. The fourth-order valence-corrected chi connectivity index (χ4v) is 3.71. The number of allylic oxidation sites excluding steroid dienone is 1. The highest BCUT2D eigenvalue weighted by Crippen LogP contribution is 2.40. The lowest BCUT2D eigenvalue weighted by atomic mass is 9.94. The molecule has 4 rings (SSSR count). The number of hydrogen-bond acceptors (Lipinski definition) is 7. The zero-order chi connectivity index (χ0) is 25.1. The first-order valence-corrected chi connectivity index (χ1v) is 10.1. The van der Waals surface area contributed by atoms with Crippen LogP contribution in [0.2, 0.25) is 0 Å². The van der Waals surface area contributed by atoms with E-state index >= 15 is 0 Å². The molecule has 2 aromatic carbocycles. The number of benzene rings is 2. The molecule has 0 saturated carbocycles. The van der Waals surface area contributed by atoms with Crippen LogP contribution in [0, 0.1) is 0 Å². The fraction of sp³-hybridized carbons (Fsp3) is 0.227. The van der Waals surface area contributed by atoms with Crippen LogP contribution in [0.5, 0.6) is 17.2 Å². The Labute approximate surface area is 196 Å². The van der Waals surface area contributed by atoms with E-state index in [9.17, 15) is 22.4 Å². The van der Waals surface area contributed by atoms with Crippen molar-refractivity contribution in [2.75, 3.05) is 17.7 Å². The molecule has 3 aromatic rings. The van der Waals surface area contributed by atoms with Crippen molar-refractivity contribution in [2.45, 2.75) is 26.2 Å². The molecule has 0 bridgehead atoms. The lowest BCUT2D eigenvalue weighted by Gasteiger charge is -2.29. The van der Waals surface area contributed by atoms with Gasteiger partial charge in [-0.2, -0.15) is 27.6 Å². The van der Waals surface area contributed by atoms with Gasteiger partial charge in [-0.3, -0.25) is 4.79 Å². The number of nitrogens with one attached hydrogen (secondary N) is 2. The first-order valence-electron chi connectivity index (χ1n) is 10.1. The van der Waals surface area contributed by atoms with Crippen LogP contribution < -0.4 is 24.8 Å². The highest BCUT2D eigenvalue weighted by atomic mass is 19.3. The van der Waals surface area contributed by atoms with Gasteiger partial charge in [-0.1, -0.05) is 18.2 Å². The topological polar surface area (TPSA) is 99.5 Å². The largest absolute Gasteiger partial charge is 0.495 e. The Bertz CT molecular complexity index is 1260. The molecule has 1 aromatic heterocycles. The van der Waals surface area contributed by atoms with Gasteiger partial charge in [-0.25, -0.2) is 4.68 Å². The van der Waals surface area contributed by atoms with Gasteiger partial charge in [0.25, 0.3) is 5.91 Å². The molecule has 0 aliphatic carbocycles. The number of anilines is 2. The van der Waals surface area contributed by atoms with Gasteiger partial charge in [-0.15, -0.1) is 0 Å². The van der Waals surface area contributed by atoms with E-state index in [1.165, 1.54) is 24.2 Å². The normalized spacial score (nSPS) is 15.0. The predicted octanol–water partition coefficient (Wildman–Crippen LogP) is 4.42. The Balaban J connectivity index is 1.78. The summed E-state index contributed by atoms with van der Waals surface area (Å²) >= 11 is 0. The summed E-state index contributed by atoms with van der Waals surface area (Å²) in [6.07, 6.45) is 1.24. The second kappa shape index (κ2) is 9.91. The van der Waals surface area contributed by atoms with Gasteiger partial charge in [0.1, 0.15) is 18.1 Å². The third-order valence-electron chi connectivity index (χ3n) is 5.11. The molecule has 35 heavy (non-hydrogen) atoms. The number of fused-ring (bicyclic) bond motifs is 1. The van der Waals surface area contributed by atoms with Crippen molar-refractivity contribution in [1.82, 2.24) is 14.8 Å². The summed E-state index contributed by atoms with van der Waals surface area (Å²) in [5.41, 5.74) is 1.21. The summed E-state index contributed by atoms with van der Waals surface area (Å²) in [7, 11) is 1.45. The Hall–Kier alpha value is -4.29. The van der Waals surface area contributed by atoms with Gasteiger partial charge in [0.2, 0.25) is 5.95 Å². The first-order chi connectivity index (χ1) is 16.8. The van der Waals surface area contributed by atoms with E-state index in [0.29, 0.717) is 17.1 Å². The van der Waals surface area contributed by atoms with Crippen LogP contribution in [0.4, 0.5) is 29.2 Å². The standard InChI is InChI=1S/C22H19F4N5O4/c1-11-17(19(32)30-13-5-3-4-6-14(13)33-2)18(31-22(29-11)27-10-28-31)12-7-8-15(34-20(23)24)16(9-12)35-21(25)26/h3-10,18,20-21H,1-2H3,(H,30,32)(H,27,28,29)/t18-/m1/s1. The predicted molar refractivity (Wildman–Crippen MR) is 116 cm³/mol. The summed E-state index contributed by atoms with van der Waals surface area (Å²) in [4.78, 5) is 17.5. The number of alkyl halides is 4. The van der Waals surface area contributed by atoms with Crippen molar-refractivity contribution >= 4 is 17.5 Å². The SMILES string of the molecule is COc1ccccc1NC(=O)C1=C(C)Nc2ncnn2[C@@H]1c1ccc(OC(F)F)c(OC(F)F)c1. The van der Waals surface area contributed by atoms with Crippen molar-refractivity contribution in [3.05, 3.63) is 65.6 Å². The molecule has 0 radical (unpaired) electrons. The molecule has 1 aliphatic heterocycles. The number of nitrogens with zero attached hydrogens (tertiary/aromatic N) is 3. The number of aromatic nitrogens is 3. The van der Waals surface area contributed by atoms with Crippen LogP contribution in [0.15, 0.2) is 60.1 Å². The zero-order valence-electron chi connectivity index (χ0n) is 18.3. The Morgan fingerprint density at radius 1 is 1.06 bits per heavy atom. The minimum atomic E-state index is -3.30. The van der Waals surface area contributed by atoms with Crippen molar-refractivity contribution in [3.8, 4) is 17.2 Å². The number of amides is 1. The van der Waals surface area contributed by atoms with E-state index in [-0.39, 0.29) is 17.1 Å². The van der Waals surface area contributed by atoms with Gasteiger partial charge < -0.3 is 24.8 Å². The average molecular weight is 493 g/mol. The highest BCUT2D eigenvalue weighted by molar-refractivity contribution is 6.06. The van der Waals surface area contributed by atoms with E-state index in [1.54, 1.807) is 31.2 Å². The number of ether oxygens (including phenoxy) is 3. The number of carbonyl (C=O) groups is 1. The summed E-state index contributed by atoms with van der Waals surface area (Å²) in [5.74, 6) is -1.06. The van der Waals surface area contributed by atoms with Gasteiger partial charge in [0, 0.05) is 5.70 Å². The van der Waals surface area contributed by atoms with E-state index < -0.39 is 36.7 Å². The van der Waals surface area contributed by atoms with E-state index in [2.05, 4.69) is 30.2 Å². The number of halogens is 4. The smallest absolute Gasteiger partial charge is 0.387 e. The Kier molecular flexibility index (Phi) is 6.75. The van der Waals surface area contributed by atoms with Crippen LogP contribution >= 0.6 is 0 Å². The first kappa shape index (κ1) is 23.9. The number of carbonyl (C=O) groups excluding carboxylic acids is 1. The number of methoxy groups -OCH3 is 1. The van der Waals surface area contributed by atoms with Crippen molar-refractivity contribution in [3.63, 3.8) is 0 Å². The zero-order valence-corrected chi connectivity index (χ0v) is 18.3. The second-order valence-electron chi connectivity index (χ2n) is 7.21. The summed E-state index contributed by atoms with van der Waals surface area (Å²) in [6.45, 7) is -4.93. The molecule has 1 atom stereocenters. The summed E-state index contributed by atoms with van der Waals surface area (Å²) < 4.78 is 66.9. The summed E-state index contributed by atoms with van der Waals surface area (Å²) in [6, 6.07) is 9.28. The van der Waals surface area contributed by atoms with Crippen molar-refractivity contribution in [2.24, 2.45) is 0 Å². The van der Waals surface area contributed by atoms with Gasteiger partial charge in [0.05, 0.1) is 18.4 Å². The molecular weight excluding hydrogens is 474 g/mol. The minimum absolute atomic E-state index is 0.166. The molecule has 1 amide bonds. The minimum Gasteiger partial charge on any atom is -0.495 e. The third kappa shape index (κ3) is 4.98. The van der Waals surface area contributed by atoms with E-state index in [0.717, 1.165) is 12.1 Å². The number of hydrogen-bond donors (Lipinski definition) is 2. The second-order valence-corrected chi connectivity index (χ2v) is 7.21. The van der Waals surface area contributed by atoms with E-state index in [4.69, 9.17) is 4.74 Å². The quantitative estimate of drug-likeness (QED) is 0.449. The average Bonchev–Trinajstić information content (AvgIpc) is 3.27. The third-order valence-corrected chi connectivity index (χ3v) is 5.11. The molecular formula is C22H19F4N5O4. The van der Waals surface area contributed by atoms with Gasteiger partial charge >= 0.3 is 13.2 Å². The van der Waals surface area contributed by atoms with Crippen LogP contribution in [0.25, 0.3) is 0 Å². The molecule has 9 nitrogen and oxygen atoms in total. The lowest BCUT2D eigenvalue weighted by Crippen LogP contribution is -2.31. The molecule has 2 heterocycles.